The molecule has 3 rings (SSSR count). The van der Waals surface area contributed by atoms with Gasteiger partial charge in [-0.2, -0.15) is 0 Å². The SMILES string of the molecule is CCC(=O)c1ccc(OCc2cc(=O)oc3cc(CC)ccc23)cc1. The van der Waals surface area contributed by atoms with Gasteiger partial charge in [-0.15, -0.1) is 0 Å². The van der Waals surface area contributed by atoms with Gasteiger partial charge in [-0.05, 0) is 42.3 Å². The fourth-order valence-corrected chi connectivity index (χ4v) is 2.72. The Morgan fingerprint density at radius 1 is 1.04 bits per heavy atom. The fourth-order valence-electron chi connectivity index (χ4n) is 2.72. The second-order valence-electron chi connectivity index (χ2n) is 5.86. The van der Waals surface area contributed by atoms with E-state index in [-0.39, 0.29) is 18.0 Å². The lowest BCUT2D eigenvalue weighted by Gasteiger charge is -2.09. The molecule has 3 aromatic rings. The zero-order valence-electron chi connectivity index (χ0n) is 14.4. The Morgan fingerprint density at radius 3 is 2.48 bits per heavy atom. The molecule has 2 aromatic carbocycles. The van der Waals surface area contributed by atoms with Crippen molar-refractivity contribution in [2.45, 2.75) is 33.3 Å². The van der Waals surface area contributed by atoms with Gasteiger partial charge >= 0.3 is 5.63 Å². The number of ether oxygens (including phenoxy) is 1. The van der Waals surface area contributed by atoms with E-state index < -0.39 is 0 Å². The maximum Gasteiger partial charge on any atom is 0.336 e. The Bertz CT molecular complexity index is 952. The highest BCUT2D eigenvalue weighted by molar-refractivity contribution is 5.95. The summed E-state index contributed by atoms with van der Waals surface area (Å²) in [6.07, 6.45) is 1.36. The molecule has 0 unspecified atom stereocenters. The Labute approximate surface area is 146 Å². The second-order valence-corrected chi connectivity index (χ2v) is 5.86. The summed E-state index contributed by atoms with van der Waals surface area (Å²) in [6, 6.07) is 14.4. The number of aryl methyl sites for hydroxylation is 1. The number of benzene rings is 2. The largest absolute Gasteiger partial charge is 0.489 e. The predicted octanol–water partition coefficient (Wildman–Crippen LogP) is 4.53. The highest BCUT2D eigenvalue weighted by Gasteiger charge is 2.08. The molecule has 128 valence electrons. The van der Waals surface area contributed by atoms with Gasteiger partial charge in [0, 0.05) is 29.0 Å². The molecule has 4 nitrogen and oxygen atoms in total. The zero-order chi connectivity index (χ0) is 17.8. The van der Waals surface area contributed by atoms with Crippen LogP contribution in [0.3, 0.4) is 0 Å². The van der Waals surface area contributed by atoms with Gasteiger partial charge in [-0.1, -0.05) is 26.0 Å². The number of rotatable bonds is 6. The summed E-state index contributed by atoms with van der Waals surface area (Å²) in [5, 5.41) is 0.870. The molecule has 0 bridgehead atoms. The standard InChI is InChI=1S/C21H20O4/c1-3-14-5-10-18-16(12-21(23)25-20(18)11-14)13-24-17-8-6-15(7-9-17)19(22)4-2/h5-12H,3-4,13H2,1-2H3. The maximum atomic E-state index is 11.8. The lowest BCUT2D eigenvalue weighted by atomic mass is 10.1. The maximum absolute atomic E-state index is 11.8. The highest BCUT2D eigenvalue weighted by atomic mass is 16.5. The summed E-state index contributed by atoms with van der Waals surface area (Å²) in [5.41, 5.74) is 2.76. The van der Waals surface area contributed by atoms with Gasteiger partial charge in [0.05, 0.1) is 0 Å². The van der Waals surface area contributed by atoms with E-state index in [1.54, 1.807) is 24.3 Å². The Balaban J connectivity index is 1.83. The van der Waals surface area contributed by atoms with Gasteiger partial charge in [-0.25, -0.2) is 4.79 Å². The Kier molecular flexibility index (Phi) is 4.98. The predicted molar refractivity (Wildman–Crippen MR) is 97.3 cm³/mol. The van der Waals surface area contributed by atoms with Crippen LogP contribution < -0.4 is 10.4 Å². The van der Waals surface area contributed by atoms with E-state index in [0.29, 0.717) is 23.3 Å². The van der Waals surface area contributed by atoms with Gasteiger partial charge in [0.2, 0.25) is 0 Å². The summed E-state index contributed by atoms with van der Waals surface area (Å²) in [6.45, 7) is 4.15. The zero-order valence-corrected chi connectivity index (χ0v) is 14.4. The third-order valence-corrected chi connectivity index (χ3v) is 4.19. The van der Waals surface area contributed by atoms with E-state index in [0.717, 1.165) is 22.9 Å². The summed E-state index contributed by atoms with van der Waals surface area (Å²) in [5.74, 6) is 0.754. The Morgan fingerprint density at radius 2 is 1.80 bits per heavy atom. The molecule has 0 spiro atoms. The van der Waals surface area contributed by atoms with Gasteiger partial charge in [-0.3, -0.25) is 4.79 Å². The number of hydrogen-bond acceptors (Lipinski definition) is 4. The molecular formula is C21H20O4. The molecule has 0 atom stereocenters. The molecule has 25 heavy (non-hydrogen) atoms. The van der Waals surface area contributed by atoms with Crippen LogP contribution in [0.2, 0.25) is 0 Å². The molecule has 0 amide bonds. The number of fused-ring (bicyclic) bond motifs is 1. The normalized spacial score (nSPS) is 10.8. The van der Waals surface area contributed by atoms with Gasteiger partial charge in [0.25, 0.3) is 0 Å². The monoisotopic (exact) mass is 336 g/mol. The first-order chi connectivity index (χ1) is 12.1. The molecular weight excluding hydrogens is 316 g/mol. The van der Waals surface area contributed by atoms with Crippen molar-refractivity contribution >= 4 is 16.8 Å². The average molecular weight is 336 g/mol. The summed E-state index contributed by atoms with van der Waals surface area (Å²) < 4.78 is 11.1. The number of Topliss-reactive ketones (excluding diaryl/α,β-unsaturated/α-hetero) is 1. The van der Waals surface area contributed by atoms with Crippen LogP contribution in [0.25, 0.3) is 11.0 Å². The van der Waals surface area contributed by atoms with Crippen LogP contribution >= 0.6 is 0 Å². The van der Waals surface area contributed by atoms with Crippen molar-refractivity contribution in [2.24, 2.45) is 0 Å². The third-order valence-electron chi connectivity index (χ3n) is 4.19. The van der Waals surface area contributed by atoms with Crippen molar-refractivity contribution in [1.82, 2.24) is 0 Å². The minimum absolute atomic E-state index is 0.102. The summed E-state index contributed by atoms with van der Waals surface area (Å²) in [4.78, 5) is 23.5. The van der Waals surface area contributed by atoms with Crippen LogP contribution in [-0.4, -0.2) is 5.78 Å². The first kappa shape index (κ1) is 17.0. The molecule has 0 aliphatic rings. The lowest BCUT2D eigenvalue weighted by molar-refractivity contribution is 0.0988. The number of carbonyl (C=O) groups excluding carboxylic acids is 1. The molecule has 4 heteroatoms. The fraction of sp³-hybridized carbons (Fsp3) is 0.238. The summed E-state index contributed by atoms with van der Waals surface area (Å²) >= 11 is 0. The lowest BCUT2D eigenvalue weighted by Crippen LogP contribution is -2.04. The number of hydrogen-bond donors (Lipinski definition) is 0. The van der Waals surface area contributed by atoms with Gasteiger partial charge in [0.1, 0.15) is 17.9 Å². The molecule has 0 fully saturated rings. The van der Waals surface area contributed by atoms with Crippen LogP contribution in [0.1, 0.15) is 41.8 Å². The molecule has 0 radical (unpaired) electrons. The average Bonchev–Trinajstić information content (AvgIpc) is 2.65. The van der Waals surface area contributed by atoms with Crippen molar-refractivity contribution in [1.29, 1.82) is 0 Å². The van der Waals surface area contributed by atoms with E-state index in [9.17, 15) is 9.59 Å². The van der Waals surface area contributed by atoms with E-state index >= 15 is 0 Å². The topological polar surface area (TPSA) is 56.5 Å². The van der Waals surface area contributed by atoms with E-state index in [1.807, 2.05) is 25.1 Å². The van der Waals surface area contributed by atoms with Crippen molar-refractivity contribution in [2.75, 3.05) is 0 Å². The second kappa shape index (κ2) is 7.34. The van der Waals surface area contributed by atoms with Crippen molar-refractivity contribution in [3.05, 3.63) is 75.6 Å². The third kappa shape index (κ3) is 3.79. The van der Waals surface area contributed by atoms with E-state index in [2.05, 4.69) is 6.92 Å². The molecule has 0 saturated carbocycles. The molecule has 0 saturated heterocycles. The quantitative estimate of drug-likeness (QED) is 0.490. The van der Waals surface area contributed by atoms with Crippen LogP contribution in [0, 0.1) is 0 Å². The molecule has 0 aliphatic heterocycles. The van der Waals surface area contributed by atoms with Crippen LogP contribution in [0.5, 0.6) is 5.75 Å². The number of carbonyl (C=O) groups is 1. The first-order valence-electron chi connectivity index (χ1n) is 8.42. The van der Waals surface area contributed by atoms with Gasteiger partial charge in [0.15, 0.2) is 5.78 Å². The van der Waals surface area contributed by atoms with Gasteiger partial charge < -0.3 is 9.15 Å². The van der Waals surface area contributed by atoms with Crippen molar-refractivity contribution in [3.63, 3.8) is 0 Å². The summed E-state index contributed by atoms with van der Waals surface area (Å²) in [7, 11) is 0. The van der Waals surface area contributed by atoms with Crippen LogP contribution in [0.4, 0.5) is 0 Å². The minimum atomic E-state index is -0.386. The van der Waals surface area contributed by atoms with Crippen molar-refractivity contribution < 1.29 is 13.9 Å². The first-order valence-corrected chi connectivity index (χ1v) is 8.42. The molecule has 1 aromatic heterocycles. The smallest absolute Gasteiger partial charge is 0.336 e. The Hall–Kier alpha value is -2.88. The van der Waals surface area contributed by atoms with Crippen LogP contribution in [-0.2, 0) is 13.0 Å². The van der Waals surface area contributed by atoms with E-state index in [4.69, 9.17) is 9.15 Å². The van der Waals surface area contributed by atoms with Crippen molar-refractivity contribution in [3.8, 4) is 5.75 Å². The minimum Gasteiger partial charge on any atom is -0.489 e. The molecule has 1 heterocycles. The molecule has 0 N–H and O–H groups in total. The highest BCUT2D eigenvalue weighted by Crippen LogP contribution is 2.21. The van der Waals surface area contributed by atoms with E-state index in [1.165, 1.54) is 6.07 Å². The number of ketones is 1. The molecule has 0 aliphatic carbocycles. The van der Waals surface area contributed by atoms with Crippen LogP contribution in [0.15, 0.2) is 57.7 Å².